The number of carbonyl (C=O) groups excluding carboxylic acids is 5. The van der Waals surface area contributed by atoms with Crippen molar-refractivity contribution in [3.05, 3.63) is 53.1 Å². The minimum absolute atomic E-state index is 0.0598. The zero-order chi connectivity index (χ0) is 28.1. The van der Waals surface area contributed by atoms with Gasteiger partial charge in [0.1, 0.15) is 6.04 Å². The summed E-state index contributed by atoms with van der Waals surface area (Å²) in [4.78, 5) is 62.9. The standard InChI is InChI=1S/C27H31N5O7/c28-17(13-15-7-9-20(33)21(34)14-15)24(36)30-12-3-1-2-11-29-18-6-4-5-16-23(18)27(39)32(26(16)38)19-8-10-22(35)31-25(19)37/h4-7,9,14,17,19,29,33-34H,1-3,8,10-13,28H2,(H,30,36)(H,31,35,37). The molecule has 2 aliphatic rings. The van der Waals surface area contributed by atoms with E-state index >= 15 is 0 Å². The van der Waals surface area contributed by atoms with E-state index in [1.165, 1.54) is 12.1 Å². The van der Waals surface area contributed by atoms with Crippen LogP contribution in [0.4, 0.5) is 5.69 Å². The third-order valence-corrected chi connectivity index (χ3v) is 6.77. The number of imide groups is 2. The molecule has 0 spiro atoms. The number of nitrogens with zero attached hydrogens (tertiary/aromatic N) is 1. The molecule has 2 heterocycles. The van der Waals surface area contributed by atoms with Crippen molar-refractivity contribution in [3.63, 3.8) is 0 Å². The van der Waals surface area contributed by atoms with Gasteiger partial charge in [0.25, 0.3) is 11.8 Å². The number of rotatable bonds is 11. The van der Waals surface area contributed by atoms with Gasteiger partial charge in [0.15, 0.2) is 11.5 Å². The number of hydrogen-bond acceptors (Lipinski definition) is 9. The Hall–Kier alpha value is -4.45. The van der Waals surface area contributed by atoms with Crippen LogP contribution in [0.1, 0.15) is 58.4 Å². The topological polar surface area (TPSA) is 191 Å². The number of amides is 5. The Morgan fingerprint density at radius 1 is 1.03 bits per heavy atom. The number of carbonyl (C=O) groups is 5. The second-order valence-electron chi connectivity index (χ2n) is 9.59. The van der Waals surface area contributed by atoms with Crippen molar-refractivity contribution in [2.24, 2.45) is 5.73 Å². The average molecular weight is 538 g/mol. The highest BCUT2D eigenvalue weighted by atomic mass is 16.3. The van der Waals surface area contributed by atoms with Crippen LogP contribution in [0.3, 0.4) is 0 Å². The van der Waals surface area contributed by atoms with E-state index in [4.69, 9.17) is 5.73 Å². The molecule has 2 atom stereocenters. The van der Waals surface area contributed by atoms with Gasteiger partial charge in [0, 0.05) is 25.2 Å². The lowest BCUT2D eigenvalue weighted by atomic mass is 10.0. The van der Waals surface area contributed by atoms with Crippen molar-refractivity contribution in [2.75, 3.05) is 18.4 Å². The molecule has 0 aromatic heterocycles. The maximum absolute atomic E-state index is 13.1. The van der Waals surface area contributed by atoms with E-state index in [9.17, 15) is 34.2 Å². The van der Waals surface area contributed by atoms with Gasteiger partial charge in [-0.1, -0.05) is 12.1 Å². The number of benzene rings is 2. The molecule has 0 saturated carbocycles. The Kier molecular flexibility index (Phi) is 8.45. The van der Waals surface area contributed by atoms with Crippen molar-refractivity contribution in [1.29, 1.82) is 0 Å². The summed E-state index contributed by atoms with van der Waals surface area (Å²) in [5, 5.41) is 27.1. The number of phenols is 2. The van der Waals surface area contributed by atoms with Gasteiger partial charge in [-0.3, -0.25) is 34.2 Å². The molecular formula is C27H31N5O7. The van der Waals surface area contributed by atoms with Gasteiger partial charge < -0.3 is 26.6 Å². The van der Waals surface area contributed by atoms with Crippen LogP contribution >= 0.6 is 0 Å². The fourth-order valence-electron chi connectivity index (χ4n) is 4.70. The van der Waals surface area contributed by atoms with Crippen molar-refractivity contribution < 1.29 is 34.2 Å². The normalized spacial score (nSPS) is 17.6. The third kappa shape index (κ3) is 6.17. The SMILES string of the molecule is NC(Cc1ccc(O)c(O)c1)C(=O)NCCCCCNc1cccc2c1C(=O)N(C1CCC(=O)NC1=O)C2=O. The molecule has 4 rings (SSSR count). The van der Waals surface area contributed by atoms with E-state index in [0.29, 0.717) is 30.8 Å². The first kappa shape index (κ1) is 27.6. The first-order chi connectivity index (χ1) is 18.7. The van der Waals surface area contributed by atoms with Gasteiger partial charge in [-0.2, -0.15) is 0 Å². The molecule has 0 aliphatic carbocycles. The quantitative estimate of drug-likeness (QED) is 0.136. The van der Waals surface area contributed by atoms with Crippen molar-refractivity contribution in [3.8, 4) is 11.5 Å². The number of unbranched alkanes of at least 4 members (excludes halogenated alkanes) is 2. The summed E-state index contributed by atoms with van der Waals surface area (Å²) in [7, 11) is 0. The van der Waals surface area contributed by atoms with Gasteiger partial charge in [0.2, 0.25) is 17.7 Å². The van der Waals surface area contributed by atoms with Gasteiger partial charge in [-0.25, -0.2) is 0 Å². The third-order valence-electron chi connectivity index (χ3n) is 6.77. The molecule has 2 aromatic carbocycles. The Bertz CT molecular complexity index is 1310. The van der Waals surface area contributed by atoms with Gasteiger partial charge in [0.05, 0.1) is 17.2 Å². The summed E-state index contributed by atoms with van der Waals surface area (Å²) in [6.07, 6.45) is 2.59. The molecule has 2 aromatic rings. The molecule has 1 saturated heterocycles. The van der Waals surface area contributed by atoms with Crippen LogP contribution in [0.2, 0.25) is 0 Å². The molecule has 39 heavy (non-hydrogen) atoms. The molecule has 1 fully saturated rings. The lowest BCUT2D eigenvalue weighted by Crippen LogP contribution is -2.54. The van der Waals surface area contributed by atoms with Crippen LogP contribution in [-0.2, 0) is 20.8 Å². The molecule has 12 heteroatoms. The lowest BCUT2D eigenvalue weighted by molar-refractivity contribution is -0.136. The van der Waals surface area contributed by atoms with Crippen molar-refractivity contribution >= 4 is 35.2 Å². The molecular weight excluding hydrogens is 506 g/mol. The highest BCUT2D eigenvalue weighted by molar-refractivity contribution is 6.25. The van der Waals surface area contributed by atoms with Crippen molar-refractivity contribution in [1.82, 2.24) is 15.5 Å². The van der Waals surface area contributed by atoms with E-state index in [1.807, 2.05) is 0 Å². The van der Waals surface area contributed by atoms with E-state index in [2.05, 4.69) is 16.0 Å². The Morgan fingerprint density at radius 3 is 2.54 bits per heavy atom. The zero-order valence-corrected chi connectivity index (χ0v) is 21.2. The van der Waals surface area contributed by atoms with E-state index in [-0.39, 0.29) is 47.8 Å². The number of anilines is 1. The van der Waals surface area contributed by atoms with E-state index < -0.39 is 35.7 Å². The Morgan fingerprint density at radius 2 is 1.79 bits per heavy atom. The second-order valence-corrected chi connectivity index (χ2v) is 9.59. The van der Waals surface area contributed by atoms with Gasteiger partial charge in [-0.05, 0) is 61.9 Å². The summed E-state index contributed by atoms with van der Waals surface area (Å²) in [6.45, 7) is 0.955. The first-order valence-electron chi connectivity index (χ1n) is 12.8. The number of nitrogens with two attached hydrogens (primary N) is 1. The van der Waals surface area contributed by atoms with Crippen LogP contribution in [0.15, 0.2) is 36.4 Å². The first-order valence-corrected chi connectivity index (χ1v) is 12.8. The molecule has 2 unspecified atom stereocenters. The van der Waals surface area contributed by atoms with E-state index in [0.717, 1.165) is 17.7 Å². The Balaban J connectivity index is 1.20. The fraction of sp³-hybridized carbons (Fsp3) is 0.370. The lowest BCUT2D eigenvalue weighted by Gasteiger charge is -2.27. The summed E-state index contributed by atoms with van der Waals surface area (Å²) in [5.41, 5.74) is 7.51. The molecule has 5 amide bonds. The van der Waals surface area contributed by atoms with Crippen LogP contribution < -0.4 is 21.7 Å². The molecule has 7 N–H and O–H groups in total. The van der Waals surface area contributed by atoms with Crippen LogP contribution in [-0.4, -0.2) is 69.8 Å². The van der Waals surface area contributed by atoms with E-state index in [1.54, 1.807) is 24.3 Å². The molecule has 12 nitrogen and oxygen atoms in total. The van der Waals surface area contributed by atoms with Crippen LogP contribution in [0.25, 0.3) is 0 Å². The average Bonchev–Trinajstić information content (AvgIpc) is 3.15. The molecule has 2 aliphatic heterocycles. The predicted octanol–water partition coefficient (Wildman–Crippen LogP) is 0.767. The zero-order valence-electron chi connectivity index (χ0n) is 21.2. The summed E-state index contributed by atoms with van der Waals surface area (Å²) < 4.78 is 0. The van der Waals surface area contributed by atoms with Crippen LogP contribution in [0.5, 0.6) is 11.5 Å². The monoisotopic (exact) mass is 537 g/mol. The second kappa shape index (κ2) is 11.9. The number of hydrogen-bond donors (Lipinski definition) is 6. The number of piperidine rings is 1. The number of fused-ring (bicyclic) bond motifs is 1. The summed E-state index contributed by atoms with van der Waals surface area (Å²) >= 11 is 0. The fourth-order valence-corrected chi connectivity index (χ4v) is 4.70. The predicted molar refractivity (Wildman–Crippen MR) is 140 cm³/mol. The van der Waals surface area contributed by atoms with Crippen LogP contribution in [0, 0.1) is 0 Å². The van der Waals surface area contributed by atoms with Crippen molar-refractivity contribution in [2.45, 2.75) is 50.6 Å². The Labute approximate surface area is 224 Å². The highest BCUT2D eigenvalue weighted by Crippen LogP contribution is 2.32. The maximum Gasteiger partial charge on any atom is 0.264 e. The van der Waals surface area contributed by atoms with Gasteiger partial charge in [-0.15, -0.1) is 0 Å². The minimum atomic E-state index is -1.01. The number of aromatic hydroxyl groups is 2. The molecule has 206 valence electrons. The molecule has 0 bridgehead atoms. The number of nitrogens with one attached hydrogen (secondary N) is 3. The summed E-state index contributed by atoms with van der Waals surface area (Å²) in [6, 6.07) is 7.40. The highest BCUT2D eigenvalue weighted by Gasteiger charge is 2.45. The smallest absolute Gasteiger partial charge is 0.264 e. The molecule has 0 radical (unpaired) electrons. The maximum atomic E-state index is 13.1. The number of phenolic OH excluding ortho intramolecular Hbond substituents is 2. The largest absolute Gasteiger partial charge is 0.504 e. The summed E-state index contributed by atoms with van der Waals surface area (Å²) in [5.74, 6) is -3.01. The van der Waals surface area contributed by atoms with Gasteiger partial charge >= 0.3 is 0 Å². The minimum Gasteiger partial charge on any atom is -0.504 e.